The van der Waals surface area contributed by atoms with Crippen LogP contribution >= 0.6 is 7.82 Å². The van der Waals surface area contributed by atoms with Crippen LogP contribution in [0.4, 0.5) is 0 Å². The molecule has 0 radical (unpaired) electrons. The monoisotopic (exact) mass is 234 g/mol. The van der Waals surface area contributed by atoms with Crippen molar-refractivity contribution < 1.29 is 32.5 Å². The largest absolute Gasteiger partial charge is 0.496 e. The second-order valence-electron chi connectivity index (χ2n) is 1.99. The van der Waals surface area contributed by atoms with Crippen LogP contribution in [0.3, 0.4) is 0 Å². The molecular weight excluding hydrogens is 219 g/mol. The van der Waals surface area contributed by atoms with Gasteiger partial charge in [0.15, 0.2) is 0 Å². The molecule has 0 heterocycles. The molecule has 0 spiro atoms. The minimum Gasteiger partial charge on any atom is -0.377 e. The third kappa shape index (κ3) is 15.0. The minimum atomic E-state index is -4.64. The Morgan fingerprint density at radius 3 is 1.15 bits per heavy atom. The molecule has 0 bridgehead atoms. The fourth-order valence-corrected chi connectivity index (χ4v) is 0.750. The van der Waals surface area contributed by atoms with E-state index >= 15 is 0 Å². The molecule has 0 unspecified atom stereocenters. The Morgan fingerprint density at radius 1 is 1.00 bits per heavy atom. The fraction of sp³-hybridized carbons (Fsp3) is 1.00. The Bertz CT molecular complexity index is 147. The van der Waals surface area contributed by atoms with Crippen LogP contribution in [0.5, 0.6) is 0 Å². The van der Waals surface area contributed by atoms with Crippen molar-refractivity contribution in [3.8, 4) is 0 Å². The average Bonchev–Trinajstić information content (AvgIpc) is 2.00. The molecule has 9 heteroatoms. The third-order valence-corrected chi connectivity index (χ3v) is 3.34. The van der Waals surface area contributed by atoms with Gasteiger partial charge in [0.2, 0.25) is 0 Å². The Balaban J connectivity index is 0. The lowest BCUT2D eigenvalue weighted by atomic mass is 11.8. The van der Waals surface area contributed by atoms with Crippen LogP contribution < -0.4 is 0 Å². The van der Waals surface area contributed by atoms with Crippen LogP contribution in [-0.2, 0) is 17.8 Å². The first-order valence-corrected chi connectivity index (χ1v) is 6.91. The predicted molar refractivity (Wildman–Crippen MR) is 46.9 cm³/mol. The molecule has 0 fully saturated rings. The van der Waals surface area contributed by atoms with E-state index in [0.29, 0.717) is 0 Å². The van der Waals surface area contributed by atoms with Crippen LogP contribution in [-0.4, -0.2) is 44.8 Å². The van der Waals surface area contributed by atoms with E-state index in [2.05, 4.69) is 0 Å². The highest BCUT2D eigenvalue weighted by Gasteiger charge is 2.29. The van der Waals surface area contributed by atoms with Gasteiger partial charge in [0.05, 0.1) is 0 Å². The zero-order chi connectivity index (χ0) is 11.1. The summed E-state index contributed by atoms with van der Waals surface area (Å²) in [5, 5.41) is 0. The zero-order valence-corrected chi connectivity index (χ0v) is 9.82. The lowest BCUT2D eigenvalue weighted by Gasteiger charge is -2.18. The standard InChI is InChI=1S/C4H12O3Si.H3O4P/c1-5-8(4,6-2)7-3;1-5(2,3)4/h1-4H3;(H3,1,2,3,4). The lowest BCUT2D eigenvalue weighted by Crippen LogP contribution is -2.38. The Labute approximate surface area is 77.9 Å². The molecule has 82 valence electrons. The van der Waals surface area contributed by atoms with E-state index in [9.17, 15) is 0 Å². The van der Waals surface area contributed by atoms with E-state index in [4.69, 9.17) is 32.5 Å². The first-order valence-electron chi connectivity index (χ1n) is 3.12. The van der Waals surface area contributed by atoms with Crippen molar-refractivity contribution in [2.24, 2.45) is 0 Å². The molecule has 0 amide bonds. The third-order valence-electron chi connectivity index (χ3n) is 1.11. The molecule has 0 aromatic carbocycles. The molecule has 0 aromatic heterocycles. The fourth-order valence-electron chi connectivity index (χ4n) is 0.250. The molecule has 7 nitrogen and oxygen atoms in total. The van der Waals surface area contributed by atoms with Crippen molar-refractivity contribution in [2.45, 2.75) is 6.55 Å². The molecule has 0 aliphatic heterocycles. The van der Waals surface area contributed by atoms with E-state index in [1.807, 2.05) is 6.55 Å². The second-order valence-corrected chi connectivity index (χ2v) is 5.96. The van der Waals surface area contributed by atoms with E-state index in [0.717, 1.165) is 0 Å². The van der Waals surface area contributed by atoms with Crippen LogP contribution in [0.25, 0.3) is 0 Å². The van der Waals surface area contributed by atoms with Crippen molar-refractivity contribution >= 4 is 16.6 Å². The summed E-state index contributed by atoms with van der Waals surface area (Å²) in [7, 11) is -2.06. The van der Waals surface area contributed by atoms with Crippen molar-refractivity contribution in [1.29, 1.82) is 0 Å². The summed E-state index contributed by atoms with van der Waals surface area (Å²) in [6.07, 6.45) is 0. The van der Waals surface area contributed by atoms with Gasteiger partial charge in [-0.15, -0.1) is 0 Å². The average molecular weight is 234 g/mol. The van der Waals surface area contributed by atoms with E-state index in [1.54, 1.807) is 21.3 Å². The van der Waals surface area contributed by atoms with Crippen LogP contribution in [0.1, 0.15) is 0 Å². The van der Waals surface area contributed by atoms with Gasteiger partial charge < -0.3 is 28.0 Å². The van der Waals surface area contributed by atoms with Crippen molar-refractivity contribution in [3.63, 3.8) is 0 Å². The van der Waals surface area contributed by atoms with Crippen molar-refractivity contribution in [3.05, 3.63) is 0 Å². The van der Waals surface area contributed by atoms with Gasteiger partial charge in [-0.3, -0.25) is 0 Å². The highest BCUT2D eigenvalue weighted by Crippen LogP contribution is 2.25. The summed E-state index contributed by atoms with van der Waals surface area (Å²) < 4.78 is 23.7. The molecule has 13 heavy (non-hydrogen) atoms. The molecule has 0 saturated carbocycles. The summed E-state index contributed by atoms with van der Waals surface area (Å²) in [4.78, 5) is 21.6. The zero-order valence-electron chi connectivity index (χ0n) is 7.92. The smallest absolute Gasteiger partial charge is 0.377 e. The van der Waals surface area contributed by atoms with Gasteiger partial charge >= 0.3 is 16.6 Å². The number of hydrogen-bond donors (Lipinski definition) is 3. The van der Waals surface area contributed by atoms with Crippen molar-refractivity contribution in [1.82, 2.24) is 0 Å². The maximum atomic E-state index is 8.88. The summed E-state index contributed by atoms with van der Waals surface area (Å²) in [6, 6.07) is 0. The number of phosphoric acid groups is 1. The van der Waals surface area contributed by atoms with Gasteiger partial charge in [0.25, 0.3) is 0 Å². The summed E-state index contributed by atoms with van der Waals surface area (Å²) >= 11 is 0. The number of rotatable bonds is 3. The van der Waals surface area contributed by atoms with Gasteiger partial charge in [-0.1, -0.05) is 0 Å². The summed E-state index contributed by atoms with van der Waals surface area (Å²) in [5.41, 5.74) is 0. The molecule has 0 aliphatic rings. The van der Waals surface area contributed by atoms with E-state index < -0.39 is 16.6 Å². The predicted octanol–water partition coefficient (Wildman–Crippen LogP) is -0.434. The van der Waals surface area contributed by atoms with Crippen LogP contribution in [0, 0.1) is 0 Å². The molecule has 0 rings (SSSR count). The first kappa shape index (κ1) is 15.7. The highest BCUT2D eigenvalue weighted by molar-refractivity contribution is 7.45. The number of hydrogen-bond acceptors (Lipinski definition) is 4. The molecule has 0 aliphatic carbocycles. The van der Waals surface area contributed by atoms with Gasteiger partial charge in [-0.25, -0.2) is 4.57 Å². The quantitative estimate of drug-likeness (QED) is 0.449. The molecule has 3 N–H and O–H groups in total. The van der Waals surface area contributed by atoms with Gasteiger partial charge in [-0.2, -0.15) is 0 Å². The van der Waals surface area contributed by atoms with Gasteiger partial charge in [0, 0.05) is 27.9 Å². The van der Waals surface area contributed by atoms with Crippen LogP contribution in [0.15, 0.2) is 0 Å². The lowest BCUT2D eigenvalue weighted by molar-refractivity contribution is 0.132. The Morgan fingerprint density at radius 2 is 1.15 bits per heavy atom. The maximum absolute atomic E-state index is 8.88. The second kappa shape index (κ2) is 6.63. The normalized spacial score (nSPS) is 11.9. The molecular formula is C4H15O7PSi. The maximum Gasteiger partial charge on any atom is 0.496 e. The van der Waals surface area contributed by atoms with Gasteiger partial charge in [-0.05, 0) is 0 Å². The molecule has 0 saturated heterocycles. The topological polar surface area (TPSA) is 105 Å². The van der Waals surface area contributed by atoms with E-state index in [-0.39, 0.29) is 0 Å². The first-order chi connectivity index (χ1) is 5.68. The summed E-state index contributed by atoms with van der Waals surface area (Å²) in [6.45, 7) is 1.83. The molecule has 0 aromatic rings. The van der Waals surface area contributed by atoms with Gasteiger partial charge in [0.1, 0.15) is 0 Å². The summed E-state index contributed by atoms with van der Waals surface area (Å²) in [5.74, 6) is 0. The highest BCUT2D eigenvalue weighted by atomic mass is 31.2. The van der Waals surface area contributed by atoms with E-state index in [1.165, 1.54) is 0 Å². The van der Waals surface area contributed by atoms with Crippen molar-refractivity contribution in [2.75, 3.05) is 21.3 Å². The van der Waals surface area contributed by atoms with Crippen LogP contribution in [0.2, 0.25) is 6.55 Å². The molecule has 0 atom stereocenters. The Hall–Kier alpha value is 0.207. The SMILES string of the molecule is CO[Si](C)(OC)OC.O=P(O)(O)O. The minimum absolute atomic E-state index is 1.58. The Kier molecular flexibility index (Phi) is 7.99.